The molecule has 1 N–H and O–H groups in total. The van der Waals surface area contributed by atoms with Crippen LogP contribution in [-0.2, 0) is 19.6 Å². The molecule has 1 aromatic rings. The lowest BCUT2D eigenvalue weighted by atomic mass is 10.1. The van der Waals surface area contributed by atoms with Crippen LogP contribution < -0.4 is 0 Å². The second-order valence-corrected chi connectivity index (χ2v) is 5.23. The summed E-state index contributed by atoms with van der Waals surface area (Å²) in [7, 11) is -4.10. The first-order chi connectivity index (χ1) is 8.38. The molecule has 18 heavy (non-hydrogen) atoms. The number of esters is 1. The lowest BCUT2D eigenvalue weighted by Gasteiger charge is -2.03. The summed E-state index contributed by atoms with van der Waals surface area (Å²) in [6.45, 7) is 1.21. The number of carbonyl (C=O) groups excluding carboxylic acids is 1. The maximum atomic E-state index is 11.5. The first-order valence-electron chi connectivity index (χ1n) is 5.24. The Balaban J connectivity index is 2.54. The maximum Gasteiger partial charge on any atom is 0.333 e. The van der Waals surface area contributed by atoms with Crippen LogP contribution in [-0.4, -0.2) is 31.3 Å². The Hall–Kier alpha value is -1.66. The summed E-state index contributed by atoms with van der Waals surface area (Å²) >= 11 is 0. The van der Waals surface area contributed by atoms with Crippen LogP contribution in [0.25, 0.3) is 6.08 Å². The highest BCUT2D eigenvalue weighted by Crippen LogP contribution is 2.07. The minimum absolute atomic E-state index is 0.358. The zero-order valence-electron chi connectivity index (χ0n) is 9.87. The average Bonchev–Trinajstić information content (AvgIpc) is 2.28. The van der Waals surface area contributed by atoms with Crippen LogP contribution in [0, 0.1) is 0 Å². The fourth-order valence-corrected chi connectivity index (χ4v) is 1.51. The highest BCUT2D eigenvalue weighted by atomic mass is 32.2. The summed E-state index contributed by atoms with van der Waals surface area (Å²) in [4.78, 5) is 11.5. The second-order valence-electron chi connectivity index (χ2n) is 3.66. The van der Waals surface area contributed by atoms with Gasteiger partial charge in [-0.15, -0.1) is 0 Å². The van der Waals surface area contributed by atoms with Crippen LogP contribution in [0.4, 0.5) is 0 Å². The number of rotatable bonds is 5. The molecule has 0 aliphatic rings. The molecule has 0 fully saturated rings. The highest BCUT2D eigenvalue weighted by Gasteiger charge is 2.09. The highest BCUT2D eigenvalue weighted by molar-refractivity contribution is 7.85. The number of carbonyl (C=O) groups is 1. The fraction of sp³-hybridized carbons (Fsp3) is 0.250. The summed E-state index contributed by atoms with van der Waals surface area (Å²) in [5.41, 5.74) is 1.21. The molecule has 0 unspecified atom stereocenters. The van der Waals surface area contributed by atoms with E-state index in [0.29, 0.717) is 5.57 Å². The number of benzene rings is 1. The normalized spacial score (nSPS) is 12.2. The van der Waals surface area contributed by atoms with Crippen LogP contribution in [0.2, 0.25) is 0 Å². The molecule has 6 heteroatoms. The van der Waals surface area contributed by atoms with Crippen molar-refractivity contribution in [2.45, 2.75) is 6.92 Å². The lowest BCUT2D eigenvalue weighted by molar-refractivity contribution is -0.138. The molecule has 5 nitrogen and oxygen atoms in total. The third-order valence-corrected chi connectivity index (χ3v) is 2.76. The van der Waals surface area contributed by atoms with Crippen molar-refractivity contribution in [3.63, 3.8) is 0 Å². The van der Waals surface area contributed by atoms with E-state index in [-0.39, 0.29) is 6.61 Å². The van der Waals surface area contributed by atoms with Gasteiger partial charge >= 0.3 is 5.97 Å². The van der Waals surface area contributed by atoms with Gasteiger partial charge < -0.3 is 4.74 Å². The van der Waals surface area contributed by atoms with Gasteiger partial charge in [-0.3, -0.25) is 4.55 Å². The molecule has 98 valence electrons. The average molecular weight is 270 g/mol. The molecule has 0 aliphatic heterocycles. The third kappa shape index (κ3) is 5.60. The van der Waals surface area contributed by atoms with Crippen molar-refractivity contribution in [2.75, 3.05) is 12.4 Å². The monoisotopic (exact) mass is 270 g/mol. The van der Waals surface area contributed by atoms with E-state index in [1.54, 1.807) is 13.0 Å². The van der Waals surface area contributed by atoms with Gasteiger partial charge in [-0.05, 0) is 18.6 Å². The molecule has 0 spiro atoms. The standard InChI is InChI=1S/C12H14O5S/c1-10(9-11-5-3-2-4-6-11)12(13)17-7-8-18(14,15)16/h2-6,9H,7-8H2,1H3,(H,14,15,16). The Morgan fingerprint density at radius 3 is 2.50 bits per heavy atom. The van der Waals surface area contributed by atoms with Gasteiger partial charge in [-0.2, -0.15) is 8.42 Å². The topological polar surface area (TPSA) is 80.7 Å². The molecule has 0 heterocycles. The second kappa shape index (κ2) is 6.32. The summed E-state index contributed by atoms with van der Waals surface area (Å²) in [6.07, 6.45) is 1.63. The van der Waals surface area contributed by atoms with Crippen LogP contribution in [0.15, 0.2) is 35.9 Å². The maximum absolute atomic E-state index is 11.5. The zero-order chi connectivity index (χ0) is 13.6. The predicted octanol–water partition coefficient (Wildman–Crippen LogP) is 1.52. The van der Waals surface area contributed by atoms with Crippen molar-refractivity contribution >= 4 is 22.2 Å². The largest absolute Gasteiger partial charge is 0.461 e. The fourth-order valence-electron chi connectivity index (χ4n) is 1.21. The van der Waals surface area contributed by atoms with E-state index in [9.17, 15) is 13.2 Å². The Morgan fingerprint density at radius 2 is 1.94 bits per heavy atom. The van der Waals surface area contributed by atoms with Crippen molar-refractivity contribution in [3.05, 3.63) is 41.5 Å². The summed E-state index contributed by atoms with van der Waals surface area (Å²) in [6, 6.07) is 9.19. The third-order valence-electron chi connectivity index (χ3n) is 2.08. The van der Waals surface area contributed by atoms with Gasteiger partial charge in [0.1, 0.15) is 12.4 Å². The molecule has 1 rings (SSSR count). The molecular weight excluding hydrogens is 256 g/mol. The van der Waals surface area contributed by atoms with E-state index < -0.39 is 21.8 Å². The Kier molecular flexibility index (Phi) is 5.06. The minimum atomic E-state index is -4.10. The van der Waals surface area contributed by atoms with Gasteiger partial charge in [0.15, 0.2) is 0 Å². The van der Waals surface area contributed by atoms with Crippen molar-refractivity contribution in [3.8, 4) is 0 Å². The van der Waals surface area contributed by atoms with Gasteiger partial charge in [0.25, 0.3) is 10.1 Å². The van der Waals surface area contributed by atoms with Gasteiger partial charge in [-0.25, -0.2) is 4.79 Å². The molecule has 0 bridgehead atoms. The molecule has 0 radical (unpaired) electrons. The van der Waals surface area contributed by atoms with Crippen LogP contribution >= 0.6 is 0 Å². The van der Waals surface area contributed by atoms with Crippen LogP contribution in [0.1, 0.15) is 12.5 Å². The SMILES string of the molecule is CC(=Cc1ccccc1)C(=O)OCCS(=O)(=O)O. The summed E-state index contributed by atoms with van der Waals surface area (Å²) in [5.74, 6) is -1.21. The van der Waals surface area contributed by atoms with Gasteiger partial charge in [0.05, 0.1) is 0 Å². The van der Waals surface area contributed by atoms with Crippen molar-refractivity contribution < 1.29 is 22.5 Å². The van der Waals surface area contributed by atoms with E-state index >= 15 is 0 Å². The smallest absolute Gasteiger partial charge is 0.333 e. The van der Waals surface area contributed by atoms with E-state index in [4.69, 9.17) is 9.29 Å². The molecule has 0 saturated heterocycles. The lowest BCUT2D eigenvalue weighted by Crippen LogP contribution is -2.15. The van der Waals surface area contributed by atoms with Crippen molar-refractivity contribution in [1.82, 2.24) is 0 Å². The zero-order valence-corrected chi connectivity index (χ0v) is 10.7. The summed E-state index contributed by atoms with van der Waals surface area (Å²) < 4.78 is 34.0. The molecular formula is C12H14O5S. The molecule has 0 saturated carbocycles. The number of hydrogen-bond donors (Lipinski definition) is 1. The molecule has 1 aromatic carbocycles. The van der Waals surface area contributed by atoms with Gasteiger partial charge in [-0.1, -0.05) is 30.3 Å². The summed E-state index contributed by atoms with van der Waals surface area (Å²) in [5, 5.41) is 0. The van der Waals surface area contributed by atoms with E-state index in [2.05, 4.69) is 0 Å². The predicted molar refractivity (Wildman–Crippen MR) is 67.5 cm³/mol. The molecule has 0 aliphatic carbocycles. The Bertz CT molecular complexity index is 531. The van der Waals surface area contributed by atoms with Crippen molar-refractivity contribution in [2.24, 2.45) is 0 Å². The first kappa shape index (κ1) is 14.4. The number of hydrogen-bond acceptors (Lipinski definition) is 4. The van der Waals surface area contributed by atoms with Gasteiger partial charge in [0.2, 0.25) is 0 Å². The van der Waals surface area contributed by atoms with E-state index in [1.807, 2.05) is 30.3 Å². The van der Waals surface area contributed by atoms with Crippen molar-refractivity contribution in [1.29, 1.82) is 0 Å². The quantitative estimate of drug-likeness (QED) is 0.498. The Morgan fingerprint density at radius 1 is 1.33 bits per heavy atom. The van der Waals surface area contributed by atoms with Crippen LogP contribution in [0.3, 0.4) is 0 Å². The molecule has 0 aromatic heterocycles. The van der Waals surface area contributed by atoms with Crippen LogP contribution in [0.5, 0.6) is 0 Å². The first-order valence-corrected chi connectivity index (χ1v) is 6.85. The van der Waals surface area contributed by atoms with E-state index in [0.717, 1.165) is 5.56 Å². The molecule has 0 amide bonds. The van der Waals surface area contributed by atoms with E-state index in [1.165, 1.54) is 0 Å². The van der Waals surface area contributed by atoms with Gasteiger partial charge in [0, 0.05) is 5.57 Å². The minimum Gasteiger partial charge on any atom is -0.461 e. The Labute approximate surface area is 106 Å². The number of ether oxygens (including phenoxy) is 1. The molecule has 0 atom stereocenters.